The van der Waals surface area contributed by atoms with Crippen molar-refractivity contribution in [2.45, 2.75) is 26.2 Å². The fraction of sp³-hybridized carbons (Fsp3) is 0.222. The minimum atomic E-state index is -0.463. The number of fused-ring (bicyclic) bond motifs is 1. The highest BCUT2D eigenvalue weighted by Crippen LogP contribution is 2.23. The first kappa shape index (κ1) is 15.1. The van der Waals surface area contributed by atoms with Crippen LogP contribution in [0.15, 0.2) is 47.3 Å². The largest absolute Gasteiger partial charge is 0.399 e. The molecule has 0 fully saturated rings. The van der Waals surface area contributed by atoms with Gasteiger partial charge in [0.1, 0.15) is 0 Å². The number of nitrogens with two attached hydrogens (primary N) is 1. The molecule has 2 aromatic carbocycles. The lowest BCUT2D eigenvalue weighted by Gasteiger charge is -2.19. The zero-order chi connectivity index (χ0) is 16.8. The van der Waals surface area contributed by atoms with Crippen LogP contribution in [-0.4, -0.2) is 15.5 Å². The van der Waals surface area contributed by atoms with Gasteiger partial charge >= 0.3 is 5.69 Å². The fourth-order valence-electron chi connectivity index (χ4n) is 2.56. The van der Waals surface area contributed by atoms with E-state index in [-0.39, 0.29) is 11.3 Å². The highest BCUT2D eigenvalue weighted by molar-refractivity contribution is 6.01. The van der Waals surface area contributed by atoms with Crippen molar-refractivity contribution in [3.05, 3.63) is 64.1 Å². The van der Waals surface area contributed by atoms with E-state index >= 15 is 0 Å². The minimum absolute atomic E-state index is 0.00759. The summed E-state index contributed by atoms with van der Waals surface area (Å²) in [6.45, 7) is 6.32. The number of nitrogens with zero attached hydrogens (tertiary/aromatic N) is 1. The topological polar surface area (TPSA) is 80.9 Å². The van der Waals surface area contributed by atoms with Crippen molar-refractivity contribution in [1.82, 2.24) is 9.55 Å². The zero-order valence-electron chi connectivity index (χ0n) is 13.4. The van der Waals surface area contributed by atoms with Crippen LogP contribution in [0.1, 0.15) is 36.7 Å². The summed E-state index contributed by atoms with van der Waals surface area (Å²) < 4.78 is 1.12. The first-order valence-electron chi connectivity index (χ1n) is 7.43. The van der Waals surface area contributed by atoms with Gasteiger partial charge in [-0.05, 0) is 41.3 Å². The summed E-state index contributed by atoms with van der Waals surface area (Å²) in [5, 5.41) is 0. The Morgan fingerprint density at radius 1 is 1.09 bits per heavy atom. The third kappa shape index (κ3) is 2.65. The van der Waals surface area contributed by atoms with E-state index in [1.54, 1.807) is 30.3 Å². The van der Waals surface area contributed by atoms with Gasteiger partial charge in [-0.3, -0.25) is 4.79 Å². The monoisotopic (exact) mass is 309 g/mol. The molecule has 23 heavy (non-hydrogen) atoms. The molecule has 3 N–H and O–H groups in total. The Morgan fingerprint density at radius 3 is 2.35 bits per heavy atom. The summed E-state index contributed by atoms with van der Waals surface area (Å²) >= 11 is 0. The van der Waals surface area contributed by atoms with Gasteiger partial charge in [0.05, 0.1) is 11.0 Å². The highest BCUT2D eigenvalue weighted by Gasteiger charge is 2.18. The van der Waals surface area contributed by atoms with E-state index in [1.807, 2.05) is 12.1 Å². The van der Waals surface area contributed by atoms with Gasteiger partial charge in [-0.15, -0.1) is 0 Å². The van der Waals surface area contributed by atoms with Crippen LogP contribution >= 0.6 is 0 Å². The number of nitrogens with one attached hydrogen (secondary N) is 1. The molecule has 118 valence electrons. The van der Waals surface area contributed by atoms with Crippen molar-refractivity contribution in [2.75, 3.05) is 5.73 Å². The molecule has 5 heteroatoms. The molecular weight excluding hydrogens is 290 g/mol. The molecule has 3 aromatic rings. The fourth-order valence-corrected chi connectivity index (χ4v) is 2.56. The van der Waals surface area contributed by atoms with E-state index in [1.165, 1.54) is 0 Å². The standard InChI is InChI=1S/C18H19N3O2/c1-18(2,3)12-6-4-11(5-7-12)16(22)21-15-10-13(19)8-9-14(15)20-17(21)23/h4-10H,19H2,1-3H3,(H,20,23). The first-order chi connectivity index (χ1) is 10.8. The molecule has 0 radical (unpaired) electrons. The molecule has 0 bridgehead atoms. The molecule has 0 aliphatic heterocycles. The molecule has 0 amide bonds. The number of carbonyl (C=O) groups is 1. The number of benzene rings is 2. The first-order valence-corrected chi connectivity index (χ1v) is 7.43. The van der Waals surface area contributed by atoms with Crippen molar-refractivity contribution in [1.29, 1.82) is 0 Å². The van der Waals surface area contributed by atoms with Crippen molar-refractivity contribution in [2.24, 2.45) is 0 Å². The number of carbonyl (C=O) groups excluding carboxylic acids is 1. The second-order valence-corrected chi connectivity index (χ2v) is 6.67. The molecule has 5 nitrogen and oxygen atoms in total. The molecule has 0 unspecified atom stereocenters. The van der Waals surface area contributed by atoms with Crippen LogP contribution in [0, 0.1) is 0 Å². The van der Waals surface area contributed by atoms with Crippen LogP contribution in [0.25, 0.3) is 11.0 Å². The van der Waals surface area contributed by atoms with Crippen LogP contribution in [0.2, 0.25) is 0 Å². The van der Waals surface area contributed by atoms with E-state index in [4.69, 9.17) is 5.73 Å². The SMILES string of the molecule is CC(C)(C)c1ccc(C(=O)n2c(=O)[nH]c3ccc(N)cc32)cc1. The Labute approximate surface area is 133 Å². The summed E-state index contributed by atoms with van der Waals surface area (Å²) in [4.78, 5) is 27.5. The Kier molecular flexibility index (Phi) is 3.36. The summed E-state index contributed by atoms with van der Waals surface area (Å²) in [6.07, 6.45) is 0. The Bertz CT molecular complexity index is 941. The lowest BCUT2D eigenvalue weighted by molar-refractivity contribution is 0.0961. The smallest absolute Gasteiger partial charge is 0.333 e. The summed E-state index contributed by atoms with van der Waals surface area (Å²) in [6, 6.07) is 12.3. The van der Waals surface area contributed by atoms with Crippen LogP contribution in [0.4, 0.5) is 5.69 Å². The third-order valence-corrected chi connectivity index (χ3v) is 3.91. The van der Waals surface area contributed by atoms with Crippen LogP contribution in [-0.2, 0) is 5.41 Å². The number of imidazole rings is 1. The van der Waals surface area contributed by atoms with Gasteiger partial charge in [-0.1, -0.05) is 32.9 Å². The van der Waals surface area contributed by atoms with E-state index in [9.17, 15) is 9.59 Å². The van der Waals surface area contributed by atoms with Crippen LogP contribution in [0.5, 0.6) is 0 Å². The van der Waals surface area contributed by atoms with Gasteiger partial charge in [-0.25, -0.2) is 9.36 Å². The summed E-state index contributed by atoms with van der Waals surface area (Å²) in [7, 11) is 0. The molecule has 1 aromatic heterocycles. The van der Waals surface area contributed by atoms with Gasteiger partial charge < -0.3 is 10.7 Å². The zero-order valence-corrected chi connectivity index (χ0v) is 13.4. The third-order valence-electron chi connectivity index (χ3n) is 3.91. The maximum Gasteiger partial charge on any atom is 0.333 e. The maximum atomic E-state index is 12.7. The minimum Gasteiger partial charge on any atom is -0.399 e. The molecule has 1 heterocycles. The average Bonchev–Trinajstić information content (AvgIpc) is 2.81. The number of aromatic amines is 1. The molecule has 0 atom stereocenters. The summed E-state index contributed by atoms with van der Waals surface area (Å²) in [5.41, 5.74) is 8.48. The van der Waals surface area contributed by atoms with Gasteiger partial charge in [0.15, 0.2) is 0 Å². The molecule has 0 aliphatic rings. The Morgan fingerprint density at radius 2 is 1.74 bits per heavy atom. The lowest BCUT2D eigenvalue weighted by atomic mass is 9.87. The number of nitrogen functional groups attached to an aromatic ring is 1. The highest BCUT2D eigenvalue weighted by atomic mass is 16.2. The van der Waals surface area contributed by atoms with E-state index in [2.05, 4.69) is 25.8 Å². The average molecular weight is 309 g/mol. The van der Waals surface area contributed by atoms with Crippen molar-refractivity contribution in [3.63, 3.8) is 0 Å². The van der Waals surface area contributed by atoms with Gasteiger partial charge in [0, 0.05) is 11.3 Å². The quantitative estimate of drug-likeness (QED) is 0.678. The number of aromatic nitrogens is 2. The second kappa shape index (κ2) is 5.12. The molecule has 0 aliphatic carbocycles. The predicted octanol–water partition coefficient (Wildman–Crippen LogP) is 2.90. The Hall–Kier alpha value is -2.82. The van der Waals surface area contributed by atoms with Crippen molar-refractivity contribution >= 4 is 22.6 Å². The van der Waals surface area contributed by atoms with Crippen LogP contribution < -0.4 is 11.4 Å². The molecule has 3 rings (SSSR count). The van der Waals surface area contributed by atoms with Crippen molar-refractivity contribution < 1.29 is 4.79 Å². The number of anilines is 1. The maximum absolute atomic E-state index is 12.7. The molecular formula is C18H19N3O2. The number of hydrogen-bond donors (Lipinski definition) is 2. The van der Waals surface area contributed by atoms with Crippen molar-refractivity contribution in [3.8, 4) is 0 Å². The van der Waals surface area contributed by atoms with E-state index in [0.29, 0.717) is 22.3 Å². The number of rotatable bonds is 1. The molecule has 0 saturated carbocycles. The number of H-pyrrole nitrogens is 1. The number of hydrogen-bond acceptors (Lipinski definition) is 3. The lowest BCUT2D eigenvalue weighted by Crippen LogP contribution is -2.25. The molecule has 0 saturated heterocycles. The van der Waals surface area contributed by atoms with E-state index in [0.717, 1.165) is 10.1 Å². The molecule has 0 spiro atoms. The summed E-state index contributed by atoms with van der Waals surface area (Å²) in [5.74, 6) is -0.368. The van der Waals surface area contributed by atoms with Gasteiger partial charge in [0.25, 0.3) is 5.91 Å². The van der Waals surface area contributed by atoms with E-state index < -0.39 is 5.69 Å². The second-order valence-electron chi connectivity index (χ2n) is 6.67. The predicted molar refractivity (Wildman–Crippen MR) is 91.8 cm³/mol. The van der Waals surface area contributed by atoms with Gasteiger partial charge in [0.2, 0.25) is 0 Å². The van der Waals surface area contributed by atoms with Crippen LogP contribution in [0.3, 0.4) is 0 Å². The van der Waals surface area contributed by atoms with Gasteiger partial charge in [-0.2, -0.15) is 0 Å². The Balaban J connectivity index is 2.09. The normalized spacial score (nSPS) is 11.8.